The molecule has 1 amide bonds. The molecule has 1 aliphatic rings. The van der Waals surface area contributed by atoms with Crippen LogP contribution >= 0.6 is 11.8 Å². The predicted molar refractivity (Wildman–Crippen MR) is 108 cm³/mol. The van der Waals surface area contributed by atoms with Crippen LogP contribution in [-0.2, 0) is 4.79 Å². The number of amidine groups is 1. The first-order valence-corrected chi connectivity index (χ1v) is 9.69. The van der Waals surface area contributed by atoms with Crippen molar-refractivity contribution >= 4 is 34.2 Å². The van der Waals surface area contributed by atoms with Gasteiger partial charge >= 0.3 is 0 Å². The van der Waals surface area contributed by atoms with Gasteiger partial charge < -0.3 is 0 Å². The molecule has 1 unspecified atom stereocenters. The first-order chi connectivity index (χ1) is 12.1. The van der Waals surface area contributed by atoms with Gasteiger partial charge in [-0.3, -0.25) is 9.69 Å². The molecule has 0 aromatic heterocycles. The topological polar surface area (TPSA) is 32.7 Å². The molecule has 25 heavy (non-hydrogen) atoms. The highest BCUT2D eigenvalue weighted by Gasteiger charge is 2.38. The number of thioether (sulfide) groups is 1. The van der Waals surface area contributed by atoms with Crippen molar-refractivity contribution in [3.63, 3.8) is 0 Å². The van der Waals surface area contributed by atoms with Crippen LogP contribution in [-0.4, -0.2) is 16.3 Å². The predicted octanol–water partition coefficient (Wildman–Crippen LogP) is 5.63. The highest BCUT2D eigenvalue weighted by molar-refractivity contribution is 8.16. The zero-order valence-corrected chi connectivity index (χ0v) is 15.8. The van der Waals surface area contributed by atoms with Gasteiger partial charge in [0.1, 0.15) is 0 Å². The van der Waals surface area contributed by atoms with Gasteiger partial charge in [0.15, 0.2) is 5.17 Å². The minimum absolute atomic E-state index is 0.0379. The number of anilines is 1. The van der Waals surface area contributed by atoms with Crippen LogP contribution in [0.25, 0.3) is 0 Å². The summed E-state index contributed by atoms with van der Waals surface area (Å²) in [7, 11) is 0. The quantitative estimate of drug-likeness (QED) is 0.698. The third-order valence-electron chi connectivity index (χ3n) is 4.24. The van der Waals surface area contributed by atoms with Crippen molar-refractivity contribution in [3.8, 4) is 0 Å². The van der Waals surface area contributed by atoms with Crippen LogP contribution in [0.2, 0.25) is 0 Å². The van der Waals surface area contributed by atoms with E-state index in [9.17, 15) is 4.79 Å². The largest absolute Gasteiger partial charge is 0.273 e. The summed E-state index contributed by atoms with van der Waals surface area (Å²) in [6.45, 7) is 6.26. The van der Waals surface area contributed by atoms with Gasteiger partial charge in [-0.2, -0.15) is 0 Å². The molecule has 4 heteroatoms. The van der Waals surface area contributed by atoms with Crippen molar-refractivity contribution in [2.75, 3.05) is 4.90 Å². The molecule has 1 heterocycles. The highest BCUT2D eigenvalue weighted by Crippen LogP contribution is 2.36. The Kier molecular flexibility index (Phi) is 5.59. The summed E-state index contributed by atoms with van der Waals surface area (Å²) in [6.07, 6.45) is 3.05. The number of carbonyl (C=O) groups is 1. The van der Waals surface area contributed by atoms with E-state index in [4.69, 9.17) is 4.99 Å². The Balaban J connectivity index is 1.99. The Morgan fingerprint density at radius 3 is 2.48 bits per heavy atom. The van der Waals surface area contributed by atoms with E-state index in [0.717, 1.165) is 41.4 Å². The van der Waals surface area contributed by atoms with Gasteiger partial charge in [0.05, 0.1) is 16.6 Å². The normalized spacial score (nSPS) is 19.0. The van der Waals surface area contributed by atoms with E-state index >= 15 is 0 Å². The van der Waals surface area contributed by atoms with E-state index in [2.05, 4.69) is 19.9 Å². The fourth-order valence-electron chi connectivity index (χ4n) is 2.93. The van der Waals surface area contributed by atoms with E-state index in [0.29, 0.717) is 0 Å². The fraction of sp³-hybridized carbons (Fsp3) is 0.333. The number of carbonyl (C=O) groups excluding carboxylic acids is 1. The minimum Gasteiger partial charge on any atom is -0.273 e. The van der Waals surface area contributed by atoms with Gasteiger partial charge in [0.25, 0.3) is 0 Å². The van der Waals surface area contributed by atoms with Gasteiger partial charge in [-0.05, 0) is 55.7 Å². The third-order valence-corrected chi connectivity index (χ3v) is 5.45. The maximum absolute atomic E-state index is 13.0. The van der Waals surface area contributed by atoms with E-state index in [1.165, 1.54) is 5.56 Å². The second kappa shape index (κ2) is 7.87. The zero-order valence-electron chi connectivity index (χ0n) is 15.0. The number of nitrogens with zero attached hydrogens (tertiary/aromatic N) is 2. The van der Waals surface area contributed by atoms with Gasteiger partial charge in [-0.25, -0.2) is 4.99 Å². The summed E-state index contributed by atoms with van der Waals surface area (Å²) in [6, 6.07) is 16.2. The van der Waals surface area contributed by atoms with Crippen molar-refractivity contribution in [2.24, 2.45) is 4.99 Å². The summed E-state index contributed by atoms with van der Waals surface area (Å²) in [5, 5.41) is 0.742. The van der Waals surface area contributed by atoms with Crippen LogP contribution in [0.5, 0.6) is 0 Å². The minimum atomic E-state index is -0.0379. The molecule has 0 N–H and O–H groups in total. The summed E-state index contributed by atoms with van der Waals surface area (Å²) < 4.78 is 0. The molecule has 1 aliphatic heterocycles. The summed E-state index contributed by atoms with van der Waals surface area (Å²) >= 11 is 1.59. The van der Waals surface area contributed by atoms with Crippen molar-refractivity contribution in [2.45, 2.75) is 45.3 Å². The number of rotatable bonds is 5. The van der Waals surface area contributed by atoms with Gasteiger partial charge in [0.2, 0.25) is 5.91 Å². The van der Waals surface area contributed by atoms with Crippen LogP contribution < -0.4 is 4.90 Å². The summed E-state index contributed by atoms with van der Waals surface area (Å²) in [4.78, 5) is 19.6. The smallest absolute Gasteiger partial charge is 0.246 e. The monoisotopic (exact) mass is 352 g/mol. The van der Waals surface area contributed by atoms with Crippen LogP contribution in [0.3, 0.4) is 0 Å². The van der Waals surface area contributed by atoms with Crippen molar-refractivity contribution in [1.82, 2.24) is 0 Å². The Labute approximate surface area is 154 Å². The van der Waals surface area contributed by atoms with Crippen molar-refractivity contribution in [1.29, 1.82) is 0 Å². The maximum Gasteiger partial charge on any atom is 0.246 e. The Hall–Kier alpha value is -2.07. The molecule has 1 fully saturated rings. The average molecular weight is 353 g/mol. The van der Waals surface area contributed by atoms with Gasteiger partial charge in [0, 0.05) is 0 Å². The van der Waals surface area contributed by atoms with Crippen molar-refractivity contribution < 1.29 is 4.79 Å². The number of aliphatic imine (C=N–C) groups is 1. The molecule has 0 spiro atoms. The lowest BCUT2D eigenvalue weighted by Gasteiger charge is -2.17. The van der Waals surface area contributed by atoms with E-state index in [1.807, 2.05) is 49.4 Å². The standard InChI is InChI=1S/C21H24N2OS/c1-4-5-12-19-20(24)23(18-11-7-9-16(3)14-18)21(25-19)22-17-10-6-8-15(2)13-17/h6-11,13-14,19H,4-5,12H2,1-3H3. The molecule has 0 saturated carbocycles. The number of hydrogen-bond acceptors (Lipinski definition) is 3. The molecule has 1 saturated heterocycles. The molecule has 0 radical (unpaired) electrons. The first kappa shape index (κ1) is 17.7. The van der Waals surface area contributed by atoms with E-state index < -0.39 is 0 Å². The summed E-state index contributed by atoms with van der Waals surface area (Å²) in [5.74, 6) is 0.149. The summed E-state index contributed by atoms with van der Waals surface area (Å²) in [5.41, 5.74) is 4.11. The number of benzene rings is 2. The molecule has 0 aliphatic carbocycles. The third kappa shape index (κ3) is 4.13. The SMILES string of the molecule is CCCCC1SC(=Nc2cccc(C)c2)N(c2cccc(C)c2)C1=O. The zero-order chi connectivity index (χ0) is 17.8. The van der Waals surface area contributed by atoms with E-state index in [-0.39, 0.29) is 11.2 Å². The van der Waals surface area contributed by atoms with Gasteiger partial charge in [-0.15, -0.1) is 0 Å². The Morgan fingerprint density at radius 1 is 1.08 bits per heavy atom. The molecular weight excluding hydrogens is 328 g/mol. The Morgan fingerprint density at radius 2 is 1.80 bits per heavy atom. The molecular formula is C21H24N2OS. The Bertz CT molecular complexity index is 800. The van der Waals surface area contributed by atoms with E-state index in [1.54, 1.807) is 16.7 Å². The highest BCUT2D eigenvalue weighted by atomic mass is 32.2. The number of amides is 1. The second-order valence-corrected chi connectivity index (χ2v) is 7.66. The molecule has 2 aromatic carbocycles. The lowest BCUT2D eigenvalue weighted by Crippen LogP contribution is -2.32. The maximum atomic E-state index is 13.0. The molecule has 130 valence electrons. The molecule has 3 nitrogen and oxygen atoms in total. The van der Waals surface area contributed by atoms with Crippen LogP contribution in [0.1, 0.15) is 37.3 Å². The van der Waals surface area contributed by atoms with Crippen molar-refractivity contribution in [3.05, 3.63) is 59.7 Å². The lowest BCUT2D eigenvalue weighted by atomic mass is 10.1. The molecule has 2 aromatic rings. The molecule has 0 bridgehead atoms. The molecule has 1 atom stereocenters. The average Bonchev–Trinajstić information content (AvgIpc) is 2.88. The van der Waals surface area contributed by atoms with Crippen LogP contribution in [0.15, 0.2) is 53.5 Å². The fourth-order valence-corrected chi connectivity index (χ4v) is 4.13. The number of aryl methyl sites for hydroxylation is 2. The molecule has 3 rings (SSSR count). The first-order valence-electron chi connectivity index (χ1n) is 8.81. The second-order valence-electron chi connectivity index (χ2n) is 6.49. The van der Waals surface area contributed by atoms with Crippen LogP contribution in [0.4, 0.5) is 11.4 Å². The van der Waals surface area contributed by atoms with Crippen LogP contribution in [0, 0.1) is 13.8 Å². The number of unbranched alkanes of at least 4 members (excludes halogenated alkanes) is 1. The lowest BCUT2D eigenvalue weighted by molar-refractivity contribution is -0.117. The number of hydrogen-bond donors (Lipinski definition) is 0. The van der Waals surface area contributed by atoms with Gasteiger partial charge in [-0.1, -0.05) is 55.8 Å².